The van der Waals surface area contributed by atoms with Crippen molar-refractivity contribution in [3.63, 3.8) is 0 Å². The fourth-order valence-electron chi connectivity index (χ4n) is 3.92. The van der Waals surface area contributed by atoms with Crippen LogP contribution >= 0.6 is 0 Å². The summed E-state index contributed by atoms with van der Waals surface area (Å²) in [5, 5.41) is 0. The van der Waals surface area contributed by atoms with Gasteiger partial charge in [0.05, 0.1) is 19.1 Å². The Balaban J connectivity index is 1.47. The van der Waals surface area contributed by atoms with E-state index in [-0.39, 0.29) is 17.4 Å². The van der Waals surface area contributed by atoms with Crippen LogP contribution in [0, 0.1) is 19.8 Å². The van der Waals surface area contributed by atoms with Gasteiger partial charge in [-0.1, -0.05) is 0 Å². The second kappa shape index (κ2) is 8.32. The smallest absolute Gasteiger partial charge is 0.254 e. The zero-order valence-electron chi connectivity index (χ0n) is 17.0. The second-order valence-electron chi connectivity index (χ2n) is 7.75. The highest BCUT2D eigenvalue weighted by Gasteiger charge is 2.30. The summed E-state index contributed by atoms with van der Waals surface area (Å²) in [5.74, 6) is 1.60. The zero-order valence-corrected chi connectivity index (χ0v) is 17.0. The van der Waals surface area contributed by atoms with E-state index in [0.717, 1.165) is 30.8 Å². The van der Waals surface area contributed by atoms with Gasteiger partial charge in [0.2, 0.25) is 5.91 Å². The van der Waals surface area contributed by atoms with Crippen LogP contribution in [0.2, 0.25) is 0 Å². The molecule has 2 aromatic rings. The van der Waals surface area contributed by atoms with Crippen molar-refractivity contribution in [2.24, 2.45) is 5.92 Å². The highest BCUT2D eigenvalue weighted by molar-refractivity contribution is 5.80. The van der Waals surface area contributed by atoms with Crippen molar-refractivity contribution in [1.29, 1.82) is 0 Å². The van der Waals surface area contributed by atoms with Gasteiger partial charge in [-0.3, -0.25) is 9.59 Å². The number of hydrogen-bond donors (Lipinski definition) is 1. The Morgan fingerprint density at radius 1 is 1.21 bits per heavy atom. The van der Waals surface area contributed by atoms with Gasteiger partial charge in [-0.2, -0.15) is 0 Å². The summed E-state index contributed by atoms with van der Waals surface area (Å²) in [6.07, 6.45) is 3.62. The molecular formula is C21H27N5O3. The monoisotopic (exact) mass is 397 g/mol. The van der Waals surface area contributed by atoms with Crippen molar-refractivity contribution in [1.82, 2.24) is 19.9 Å². The molecule has 2 fully saturated rings. The third-order valence-corrected chi connectivity index (χ3v) is 5.83. The summed E-state index contributed by atoms with van der Waals surface area (Å²) in [6.45, 7) is 7.78. The molecule has 29 heavy (non-hydrogen) atoms. The van der Waals surface area contributed by atoms with Crippen LogP contribution in [0.25, 0.3) is 11.4 Å². The zero-order chi connectivity index (χ0) is 20.4. The fraction of sp³-hybridized carbons (Fsp3) is 0.524. The minimum absolute atomic E-state index is 0.00101. The normalized spacial score (nSPS) is 20.0. The van der Waals surface area contributed by atoms with Crippen molar-refractivity contribution in [2.45, 2.75) is 26.7 Å². The van der Waals surface area contributed by atoms with Gasteiger partial charge in [0.25, 0.3) is 5.56 Å². The maximum atomic E-state index is 12.8. The van der Waals surface area contributed by atoms with Gasteiger partial charge in [0, 0.05) is 49.2 Å². The maximum Gasteiger partial charge on any atom is 0.254 e. The van der Waals surface area contributed by atoms with Crippen molar-refractivity contribution in [3.05, 3.63) is 39.9 Å². The van der Waals surface area contributed by atoms with Crippen LogP contribution in [-0.2, 0) is 9.53 Å². The molecular weight excluding hydrogens is 370 g/mol. The number of hydrogen-bond acceptors (Lipinski definition) is 6. The molecule has 8 nitrogen and oxygen atoms in total. The number of anilines is 1. The summed E-state index contributed by atoms with van der Waals surface area (Å²) in [5.41, 5.74) is 1.99. The molecule has 0 aliphatic carbocycles. The lowest BCUT2D eigenvalue weighted by atomic mass is 9.96. The minimum Gasteiger partial charge on any atom is -0.378 e. The van der Waals surface area contributed by atoms with Gasteiger partial charge >= 0.3 is 0 Å². The SMILES string of the molecule is Cc1nc(-c2ccc(N3CCCC(C(=O)N4CCOCC4)C3)nc2)[nH]c(=O)c1C. The molecule has 1 N–H and O–H groups in total. The van der Waals surface area contributed by atoms with Crippen LogP contribution < -0.4 is 10.5 Å². The average molecular weight is 397 g/mol. The first-order chi connectivity index (χ1) is 14.0. The van der Waals surface area contributed by atoms with Crippen LogP contribution in [0.15, 0.2) is 23.1 Å². The number of ether oxygens (including phenoxy) is 1. The highest BCUT2D eigenvalue weighted by Crippen LogP contribution is 2.25. The Morgan fingerprint density at radius 2 is 2.00 bits per heavy atom. The van der Waals surface area contributed by atoms with E-state index in [0.29, 0.717) is 49.9 Å². The number of amides is 1. The summed E-state index contributed by atoms with van der Waals surface area (Å²) < 4.78 is 5.35. The number of aromatic nitrogens is 3. The van der Waals surface area contributed by atoms with Crippen LogP contribution in [-0.4, -0.2) is 65.2 Å². The molecule has 2 saturated heterocycles. The number of aromatic amines is 1. The van der Waals surface area contributed by atoms with E-state index in [9.17, 15) is 9.59 Å². The lowest BCUT2D eigenvalue weighted by Gasteiger charge is -2.36. The van der Waals surface area contributed by atoms with Gasteiger partial charge in [0.15, 0.2) is 0 Å². The quantitative estimate of drug-likeness (QED) is 0.845. The van der Waals surface area contributed by atoms with Crippen LogP contribution in [0.4, 0.5) is 5.82 Å². The number of morpholine rings is 1. The Labute approximate surface area is 169 Å². The summed E-state index contributed by atoms with van der Waals surface area (Å²) in [4.78, 5) is 40.8. The third kappa shape index (κ3) is 4.17. The maximum absolute atomic E-state index is 12.8. The van der Waals surface area contributed by atoms with Gasteiger partial charge in [-0.05, 0) is 38.8 Å². The number of nitrogens with one attached hydrogen (secondary N) is 1. The topological polar surface area (TPSA) is 91.4 Å². The Kier molecular flexibility index (Phi) is 5.62. The summed E-state index contributed by atoms with van der Waals surface area (Å²) >= 11 is 0. The van der Waals surface area contributed by atoms with Crippen LogP contribution in [0.5, 0.6) is 0 Å². The largest absolute Gasteiger partial charge is 0.378 e. The van der Waals surface area contributed by atoms with E-state index in [1.54, 1.807) is 13.1 Å². The molecule has 0 radical (unpaired) electrons. The number of piperidine rings is 1. The fourth-order valence-corrected chi connectivity index (χ4v) is 3.92. The molecule has 4 rings (SSSR count). The van der Waals surface area contributed by atoms with Crippen molar-refractivity contribution in [2.75, 3.05) is 44.3 Å². The third-order valence-electron chi connectivity index (χ3n) is 5.83. The lowest BCUT2D eigenvalue weighted by molar-refractivity contribution is -0.139. The van der Waals surface area contributed by atoms with E-state index in [1.165, 1.54) is 0 Å². The van der Waals surface area contributed by atoms with Crippen molar-refractivity contribution < 1.29 is 9.53 Å². The van der Waals surface area contributed by atoms with Gasteiger partial charge < -0.3 is 19.5 Å². The molecule has 4 heterocycles. The van der Waals surface area contributed by atoms with E-state index < -0.39 is 0 Å². The molecule has 1 unspecified atom stereocenters. The number of carbonyl (C=O) groups excluding carboxylic acids is 1. The molecule has 2 aliphatic rings. The number of aryl methyl sites for hydroxylation is 1. The number of rotatable bonds is 3. The molecule has 154 valence electrons. The van der Waals surface area contributed by atoms with E-state index in [2.05, 4.69) is 19.9 Å². The van der Waals surface area contributed by atoms with Crippen LogP contribution in [0.1, 0.15) is 24.1 Å². The number of nitrogens with zero attached hydrogens (tertiary/aromatic N) is 4. The molecule has 0 spiro atoms. The van der Waals surface area contributed by atoms with Gasteiger partial charge in [0.1, 0.15) is 11.6 Å². The Morgan fingerprint density at radius 3 is 2.69 bits per heavy atom. The molecule has 2 aromatic heterocycles. The second-order valence-corrected chi connectivity index (χ2v) is 7.75. The van der Waals surface area contributed by atoms with Crippen LogP contribution in [0.3, 0.4) is 0 Å². The standard InChI is InChI=1S/C21H27N5O3/c1-14-15(2)23-19(24-20(14)27)16-5-6-18(22-12-16)26-7-3-4-17(13-26)21(28)25-8-10-29-11-9-25/h5-6,12,17H,3-4,7-11,13H2,1-2H3,(H,23,24,27). The molecule has 1 amide bonds. The lowest BCUT2D eigenvalue weighted by Crippen LogP contribution is -2.48. The van der Waals surface area contributed by atoms with E-state index in [4.69, 9.17) is 4.74 Å². The van der Waals surface area contributed by atoms with Gasteiger partial charge in [-0.15, -0.1) is 0 Å². The summed E-state index contributed by atoms with van der Waals surface area (Å²) in [6, 6.07) is 3.86. The Hall–Kier alpha value is -2.74. The molecule has 0 aromatic carbocycles. The molecule has 0 saturated carbocycles. The first-order valence-electron chi connectivity index (χ1n) is 10.2. The first kappa shape index (κ1) is 19.6. The molecule has 2 aliphatic heterocycles. The molecule has 8 heteroatoms. The van der Waals surface area contributed by atoms with Gasteiger partial charge in [-0.25, -0.2) is 9.97 Å². The first-order valence-corrected chi connectivity index (χ1v) is 10.2. The minimum atomic E-state index is -0.128. The number of H-pyrrole nitrogens is 1. The predicted octanol–water partition coefficient (Wildman–Crippen LogP) is 1.52. The summed E-state index contributed by atoms with van der Waals surface area (Å²) in [7, 11) is 0. The number of pyridine rings is 1. The van der Waals surface area contributed by atoms with Crippen molar-refractivity contribution in [3.8, 4) is 11.4 Å². The van der Waals surface area contributed by atoms with E-state index in [1.807, 2.05) is 24.0 Å². The molecule has 1 atom stereocenters. The number of carbonyl (C=O) groups is 1. The average Bonchev–Trinajstić information content (AvgIpc) is 2.77. The predicted molar refractivity (Wildman–Crippen MR) is 110 cm³/mol. The highest BCUT2D eigenvalue weighted by atomic mass is 16.5. The van der Waals surface area contributed by atoms with E-state index >= 15 is 0 Å². The molecule has 0 bridgehead atoms. The van der Waals surface area contributed by atoms with Crippen molar-refractivity contribution >= 4 is 11.7 Å². The Bertz CT molecular complexity index is 934.